The quantitative estimate of drug-likeness (QED) is 0.716. The van der Waals surface area contributed by atoms with Crippen molar-refractivity contribution in [2.75, 3.05) is 13.1 Å². The zero-order valence-corrected chi connectivity index (χ0v) is 14.6. The van der Waals surface area contributed by atoms with Gasteiger partial charge in [-0.3, -0.25) is 4.68 Å². The van der Waals surface area contributed by atoms with Crippen molar-refractivity contribution in [1.82, 2.24) is 20.4 Å². The lowest BCUT2D eigenvalue weighted by molar-refractivity contribution is 0.0151. The first-order valence-corrected chi connectivity index (χ1v) is 7.82. The zero-order valence-electron chi connectivity index (χ0n) is 14.6. The van der Waals surface area contributed by atoms with E-state index >= 15 is 0 Å². The summed E-state index contributed by atoms with van der Waals surface area (Å²) in [5.41, 5.74) is 1.90. The SMILES string of the molecule is Cc1c(CCNC(=O)NCC(C)(C)[C@@H](O)C(C)C)cnn1C. The number of urea groups is 1. The number of amides is 2. The molecular formula is C16H30N4O2. The van der Waals surface area contributed by atoms with Crippen molar-refractivity contribution in [2.45, 2.75) is 47.1 Å². The van der Waals surface area contributed by atoms with E-state index in [0.717, 1.165) is 17.7 Å². The summed E-state index contributed by atoms with van der Waals surface area (Å²) in [7, 11) is 1.90. The van der Waals surface area contributed by atoms with E-state index in [-0.39, 0.29) is 17.4 Å². The highest BCUT2D eigenvalue weighted by Gasteiger charge is 2.30. The number of carbonyl (C=O) groups is 1. The van der Waals surface area contributed by atoms with E-state index in [0.29, 0.717) is 13.1 Å². The minimum atomic E-state index is -0.453. The van der Waals surface area contributed by atoms with Crippen LogP contribution in [0.5, 0.6) is 0 Å². The maximum absolute atomic E-state index is 11.8. The second kappa shape index (κ2) is 7.63. The van der Waals surface area contributed by atoms with E-state index in [1.165, 1.54) is 0 Å². The van der Waals surface area contributed by atoms with Crippen LogP contribution in [0.3, 0.4) is 0 Å². The molecule has 22 heavy (non-hydrogen) atoms. The summed E-state index contributed by atoms with van der Waals surface area (Å²) >= 11 is 0. The molecule has 0 aliphatic carbocycles. The molecular weight excluding hydrogens is 280 g/mol. The Kier molecular flexibility index (Phi) is 6.41. The topological polar surface area (TPSA) is 79.2 Å². The Morgan fingerprint density at radius 1 is 1.41 bits per heavy atom. The van der Waals surface area contributed by atoms with E-state index in [1.54, 1.807) is 0 Å². The molecule has 0 saturated heterocycles. The van der Waals surface area contributed by atoms with Crippen LogP contribution in [0.2, 0.25) is 0 Å². The monoisotopic (exact) mass is 310 g/mol. The molecule has 0 unspecified atom stereocenters. The molecule has 6 nitrogen and oxygen atoms in total. The number of aliphatic hydroxyl groups is 1. The van der Waals surface area contributed by atoms with Gasteiger partial charge in [-0.2, -0.15) is 5.10 Å². The molecule has 126 valence electrons. The van der Waals surface area contributed by atoms with Gasteiger partial charge in [0.05, 0.1) is 12.3 Å². The summed E-state index contributed by atoms with van der Waals surface area (Å²) in [6.45, 7) is 10.9. The van der Waals surface area contributed by atoms with Crippen LogP contribution in [0.4, 0.5) is 4.79 Å². The molecule has 6 heteroatoms. The smallest absolute Gasteiger partial charge is 0.314 e. The van der Waals surface area contributed by atoms with Crippen LogP contribution in [-0.2, 0) is 13.5 Å². The molecule has 1 rings (SSSR count). The van der Waals surface area contributed by atoms with Gasteiger partial charge in [0, 0.05) is 31.2 Å². The summed E-state index contributed by atoms with van der Waals surface area (Å²) in [4.78, 5) is 11.8. The Hall–Kier alpha value is -1.56. The number of hydrogen-bond acceptors (Lipinski definition) is 3. The van der Waals surface area contributed by atoms with Crippen LogP contribution >= 0.6 is 0 Å². The predicted octanol–water partition coefficient (Wildman–Crippen LogP) is 1.61. The van der Waals surface area contributed by atoms with Crippen LogP contribution < -0.4 is 10.6 Å². The molecule has 2 amide bonds. The fourth-order valence-electron chi connectivity index (χ4n) is 2.48. The number of rotatable bonds is 7. The number of aromatic nitrogens is 2. The fourth-order valence-corrected chi connectivity index (χ4v) is 2.48. The number of aliphatic hydroxyl groups excluding tert-OH is 1. The molecule has 1 aromatic heterocycles. The first-order valence-electron chi connectivity index (χ1n) is 7.82. The molecule has 0 fully saturated rings. The lowest BCUT2D eigenvalue weighted by Crippen LogP contribution is -2.46. The predicted molar refractivity (Wildman–Crippen MR) is 87.7 cm³/mol. The lowest BCUT2D eigenvalue weighted by atomic mass is 9.81. The number of nitrogens with zero attached hydrogens (tertiary/aromatic N) is 2. The Labute approximate surface area is 133 Å². The van der Waals surface area contributed by atoms with E-state index in [2.05, 4.69) is 15.7 Å². The highest BCUT2D eigenvalue weighted by Crippen LogP contribution is 2.24. The summed E-state index contributed by atoms with van der Waals surface area (Å²) < 4.78 is 1.82. The molecule has 0 saturated carbocycles. The summed E-state index contributed by atoms with van der Waals surface area (Å²) in [5.74, 6) is 0.161. The van der Waals surface area contributed by atoms with Crippen molar-refractivity contribution in [2.24, 2.45) is 18.4 Å². The van der Waals surface area contributed by atoms with Crippen molar-refractivity contribution in [1.29, 1.82) is 0 Å². The second-order valence-electron chi connectivity index (χ2n) is 6.92. The van der Waals surface area contributed by atoms with Crippen LogP contribution in [0.15, 0.2) is 6.20 Å². The minimum Gasteiger partial charge on any atom is -0.392 e. The molecule has 0 aliphatic rings. The third-order valence-corrected chi connectivity index (χ3v) is 4.15. The van der Waals surface area contributed by atoms with E-state index in [4.69, 9.17) is 0 Å². The van der Waals surface area contributed by atoms with Gasteiger partial charge in [-0.25, -0.2) is 4.79 Å². The summed E-state index contributed by atoms with van der Waals surface area (Å²) in [6, 6.07) is -0.203. The zero-order chi connectivity index (χ0) is 16.9. The van der Waals surface area contributed by atoms with E-state index in [1.807, 2.05) is 52.5 Å². The molecule has 1 aromatic rings. The normalized spacial score (nSPS) is 13.3. The van der Waals surface area contributed by atoms with Gasteiger partial charge in [0.2, 0.25) is 0 Å². The second-order valence-corrected chi connectivity index (χ2v) is 6.92. The van der Waals surface area contributed by atoms with Crippen molar-refractivity contribution < 1.29 is 9.90 Å². The van der Waals surface area contributed by atoms with Gasteiger partial charge in [0.15, 0.2) is 0 Å². The standard InChI is InChI=1S/C16H30N4O2/c1-11(2)14(21)16(4,5)10-18-15(22)17-8-7-13-9-19-20(6)12(13)3/h9,11,14,21H,7-8,10H2,1-6H3,(H2,17,18,22)/t14-/m0/s1. The van der Waals surface area contributed by atoms with Crippen molar-refractivity contribution in [3.63, 3.8) is 0 Å². The average molecular weight is 310 g/mol. The summed E-state index contributed by atoms with van der Waals surface area (Å²) in [6.07, 6.45) is 2.13. The van der Waals surface area contributed by atoms with Gasteiger partial charge in [0.1, 0.15) is 0 Å². The molecule has 1 atom stereocenters. The first kappa shape index (κ1) is 18.5. The molecule has 0 aliphatic heterocycles. The highest BCUT2D eigenvalue weighted by molar-refractivity contribution is 5.73. The maximum Gasteiger partial charge on any atom is 0.314 e. The van der Waals surface area contributed by atoms with Crippen LogP contribution in [0, 0.1) is 18.3 Å². The Balaban J connectivity index is 2.33. The molecule has 0 aromatic carbocycles. The first-order chi connectivity index (χ1) is 10.1. The van der Waals surface area contributed by atoms with Crippen LogP contribution in [0.1, 0.15) is 39.0 Å². The van der Waals surface area contributed by atoms with Gasteiger partial charge in [-0.1, -0.05) is 27.7 Å². The lowest BCUT2D eigenvalue weighted by Gasteiger charge is -2.33. The van der Waals surface area contributed by atoms with Crippen LogP contribution in [-0.4, -0.2) is 40.1 Å². The average Bonchev–Trinajstić information content (AvgIpc) is 2.76. The maximum atomic E-state index is 11.8. The number of nitrogens with one attached hydrogen (secondary N) is 2. The van der Waals surface area contributed by atoms with Gasteiger partial charge in [-0.15, -0.1) is 0 Å². The Morgan fingerprint density at radius 2 is 2.05 bits per heavy atom. The van der Waals surface area contributed by atoms with Crippen molar-refractivity contribution >= 4 is 6.03 Å². The minimum absolute atomic E-state index is 0.161. The largest absolute Gasteiger partial charge is 0.392 e. The van der Waals surface area contributed by atoms with E-state index in [9.17, 15) is 9.90 Å². The fraction of sp³-hybridized carbons (Fsp3) is 0.750. The molecule has 3 N–H and O–H groups in total. The van der Waals surface area contributed by atoms with Crippen LogP contribution in [0.25, 0.3) is 0 Å². The third kappa shape index (κ3) is 5.02. The molecule has 0 radical (unpaired) electrons. The molecule has 0 spiro atoms. The molecule has 1 heterocycles. The van der Waals surface area contributed by atoms with Crippen molar-refractivity contribution in [3.05, 3.63) is 17.5 Å². The number of aryl methyl sites for hydroxylation is 1. The van der Waals surface area contributed by atoms with Gasteiger partial charge in [-0.05, 0) is 24.8 Å². The van der Waals surface area contributed by atoms with Gasteiger partial charge >= 0.3 is 6.03 Å². The van der Waals surface area contributed by atoms with E-state index < -0.39 is 6.10 Å². The van der Waals surface area contributed by atoms with Gasteiger partial charge in [0.25, 0.3) is 0 Å². The molecule has 0 bridgehead atoms. The Bertz CT molecular complexity index is 494. The Morgan fingerprint density at radius 3 is 2.55 bits per heavy atom. The van der Waals surface area contributed by atoms with Gasteiger partial charge < -0.3 is 15.7 Å². The number of hydrogen-bond donors (Lipinski definition) is 3. The number of carbonyl (C=O) groups excluding carboxylic acids is 1. The van der Waals surface area contributed by atoms with Crippen molar-refractivity contribution in [3.8, 4) is 0 Å². The summed E-state index contributed by atoms with van der Waals surface area (Å²) in [5, 5.41) is 20.0. The third-order valence-electron chi connectivity index (χ3n) is 4.15. The highest BCUT2D eigenvalue weighted by atomic mass is 16.3.